The van der Waals surface area contributed by atoms with Crippen molar-refractivity contribution in [2.24, 2.45) is 11.7 Å². The van der Waals surface area contributed by atoms with Crippen molar-refractivity contribution in [3.63, 3.8) is 0 Å². The van der Waals surface area contributed by atoms with Crippen LogP contribution >= 0.6 is 0 Å². The molecule has 0 radical (unpaired) electrons. The quantitative estimate of drug-likeness (QED) is 0.629. The molecule has 1 atom stereocenters. The predicted octanol–water partition coefficient (Wildman–Crippen LogP) is 0.665. The highest BCUT2D eigenvalue weighted by molar-refractivity contribution is 5.66. The summed E-state index contributed by atoms with van der Waals surface area (Å²) >= 11 is 0. The summed E-state index contributed by atoms with van der Waals surface area (Å²) in [6.07, 6.45) is 0.188. The maximum Gasteiger partial charge on any atom is 0.345 e. The standard InChI is InChI=1S/C7H13F2NO3/c8-7(9)13-4-5(3-10)1-2-6(11)12/h5,7H,1-4,10H2,(H,11,12). The van der Waals surface area contributed by atoms with Crippen LogP contribution in [-0.2, 0) is 9.53 Å². The molecule has 4 nitrogen and oxygen atoms in total. The number of carboxylic acid groups (broad SMARTS) is 1. The molecular formula is C7H13F2NO3. The minimum absolute atomic E-state index is 0.0749. The van der Waals surface area contributed by atoms with Gasteiger partial charge in [-0.15, -0.1) is 0 Å². The van der Waals surface area contributed by atoms with Crippen molar-refractivity contribution in [3.05, 3.63) is 0 Å². The highest BCUT2D eigenvalue weighted by Gasteiger charge is 2.12. The van der Waals surface area contributed by atoms with Crippen LogP contribution in [0.3, 0.4) is 0 Å². The Morgan fingerprint density at radius 1 is 1.54 bits per heavy atom. The Labute approximate surface area is 74.7 Å². The zero-order valence-electron chi connectivity index (χ0n) is 7.08. The number of aliphatic carboxylic acids is 1. The fraction of sp³-hybridized carbons (Fsp3) is 0.857. The molecule has 0 bridgehead atoms. The molecular weight excluding hydrogens is 184 g/mol. The maximum atomic E-state index is 11.6. The monoisotopic (exact) mass is 197 g/mol. The van der Waals surface area contributed by atoms with Gasteiger partial charge in [-0.05, 0) is 18.9 Å². The number of rotatable bonds is 7. The molecule has 0 heterocycles. The first-order valence-corrected chi connectivity index (χ1v) is 3.88. The SMILES string of the molecule is NCC(CCC(=O)O)COC(F)F. The second kappa shape index (κ2) is 6.73. The lowest BCUT2D eigenvalue weighted by molar-refractivity contribution is -0.141. The van der Waals surface area contributed by atoms with Gasteiger partial charge in [0.25, 0.3) is 0 Å². The van der Waals surface area contributed by atoms with E-state index >= 15 is 0 Å². The topological polar surface area (TPSA) is 72.6 Å². The van der Waals surface area contributed by atoms with Gasteiger partial charge in [0, 0.05) is 6.42 Å². The molecule has 0 spiro atoms. The van der Waals surface area contributed by atoms with E-state index in [0.29, 0.717) is 0 Å². The number of hydrogen-bond acceptors (Lipinski definition) is 3. The average molecular weight is 197 g/mol. The third kappa shape index (κ3) is 7.61. The number of hydrogen-bond donors (Lipinski definition) is 2. The number of ether oxygens (including phenoxy) is 1. The number of alkyl halides is 2. The van der Waals surface area contributed by atoms with Crippen LogP contribution in [-0.4, -0.2) is 30.8 Å². The van der Waals surface area contributed by atoms with Crippen molar-refractivity contribution in [1.29, 1.82) is 0 Å². The average Bonchev–Trinajstić information content (AvgIpc) is 2.04. The van der Waals surface area contributed by atoms with Crippen molar-refractivity contribution in [3.8, 4) is 0 Å². The van der Waals surface area contributed by atoms with Gasteiger partial charge in [0.2, 0.25) is 0 Å². The summed E-state index contributed by atoms with van der Waals surface area (Å²) in [4.78, 5) is 10.1. The predicted molar refractivity (Wildman–Crippen MR) is 41.4 cm³/mol. The summed E-state index contributed by atoms with van der Waals surface area (Å²) in [7, 11) is 0. The van der Waals surface area contributed by atoms with Crippen LogP contribution in [0.2, 0.25) is 0 Å². The fourth-order valence-electron chi connectivity index (χ4n) is 0.806. The Kier molecular flexibility index (Phi) is 6.34. The van der Waals surface area contributed by atoms with Crippen LogP contribution < -0.4 is 5.73 Å². The molecule has 0 saturated carbocycles. The molecule has 0 fully saturated rings. The highest BCUT2D eigenvalue weighted by atomic mass is 19.3. The van der Waals surface area contributed by atoms with E-state index in [4.69, 9.17) is 10.8 Å². The summed E-state index contributed by atoms with van der Waals surface area (Å²) in [5.74, 6) is -1.28. The molecule has 0 aromatic carbocycles. The van der Waals surface area contributed by atoms with Gasteiger partial charge in [0.15, 0.2) is 0 Å². The summed E-state index contributed by atoms with van der Waals surface area (Å²) in [6, 6.07) is 0. The van der Waals surface area contributed by atoms with Crippen molar-refractivity contribution < 1.29 is 23.4 Å². The van der Waals surface area contributed by atoms with Crippen LogP contribution in [0, 0.1) is 5.92 Å². The molecule has 0 saturated heterocycles. The molecule has 0 aliphatic carbocycles. The Morgan fingerprint density at radius 2 is 2.15 bits per heavy atom. The summed E-state index contributed by atoms with van der Waals surface area (Å²) < 4.78 is 27.1. The summed E-state index contributed by atoms with van der Waals surface area (Å²) in [5, 5.41) is 8.31. The third-order valence-electron chi connectivity index (χ3n) is 1.56. The number of halogens is 2. The molecule has 0 aliphatic rings. The molecule has 0 aliphatic heterocycles. The van der Waals surface area contributed by atoms with Crippen LogP contribution in [0.1, 0.15) is 12.8 Å². The largest absolute Gasteiger partial charge is 0.481 e. The van der Waals surface area contributed by atoms with Crippen LogP contribution in [0.4, 0.5) is 8.78 Å². The fourth-order valence-corrected chi connectivity index (χ4v) is 0.806. The normalized spacial score (nSPS) is 13.2. The highest BCUT2D eigenvalue weighted by Crippen LogP contribution is 2.07. The van der Waals surface area contributed by atoms with Gasteiger partial charge in [0.05, 0.1) is 6.61 Å². The van der Waals surface area contributed by atoms with E-state index in [1.54, 1.807) is 0 Å². The second-order valence-electron chi connectivity index (χ2n) is 2.63. The molecule has 13 heavy (non-hydrogen) atoms. The van der Waals surface area contributed by atoms with E-state index < -0.39 is 12.6 Å². The lowest BCUT2D eigenvalue weighted by Crippen LogP contribution is -2.22. The molecule has 1 unspecified atom stereocenters. The zero-order chi connectivity index (χ0) is 10.3. The zero-order valence-corrected chi connectivity index (χ0v) is 7.08. The first kappa shape index (κ1) is 12.2. The van der Waals surface area contributed by atoms with E-state index in [9.17, 15) is 13.6 Å². The molecule has 78 valence electrons. The van der Waals surface area contributed by atoms with E-state index in [2.05, 4.69) is 4.74 Å². The minimum Gasteiger partial charge on any atom is -0.481 e. The van der Waals surface area contributed by atoms with E-state index in [1.165, 1.54) is 0 Å². The van der Waals surface area contributed by atoms with Gasteiger partial charge in [-0.25, -0.2) is 0 Å². The Bertz CT molecular complexity index is 155. The van der Waals surface area contributed by atoms with Crippen molar-refractivity contribution in [2.45, 2.75) is 19.5 Å². The van der Waals surface area contributed by atoms with Gasteiger partial charge in [-0.1, -0.05) is 0 Å². The smallest absolute Gasteiger partial charge is 0.345 e. The second-order valence-corrected chi connectivity index (χ2v) is 2.63. The summed E-state index contributed by atoms with van der Waals surface area (Å²) in [6.45, 7) is -2.86. The number of nitrogens with two attached hydrogens (primary N) is 1. The molecule has 0 amide bonds. The van der Waals surface area contributed by atoms with Gasteiger partial charge >= 0.3 is 12.6 Å². The van der Waals surface area contributed by atoms with Crippen molar-refractivity contribution in [2.75, 3.05) is 13.2 Å². The molecule has 6 heteroatoms. The molecule has 0 aromatic rings. The van der Waals surface area contributed by atoms with Crippen LogP contribution in [0.5, 0.6) is 0 Å². The van der Waals surface area contributed by atoms with Crippen molar-refractivity contribution >= 4 is 5.97 Å². The Balaban J connectivity index is 3.57. The maximum absolute atomic E-state index is 11.6. The van der Waals surface area contributed by atoms with Gasteiger partial charge in [-0.3, -0.25) is 4.79 Å². The number of carbonyl (C=O) groups is 1. The van der Waals surface area contributed by atoms with E-state index in [0.717, 1.165) is 0 Å². The molecule has 3 N–H and O–H groups in total. The van der Waals surface area contributed by atoms with Crippen LogP contribution in [0.15, 0.2) is 0 Å². The number of carboxylic acids is 1. The van der Waals surface area contributed by atoms with Crippen LogP contribution in [0.25, 0.3) is 0 Å². The van der Waals surface area contributed by atoms with Gasteiger partial charge in [0.1, 0.15) is 0 Å². The van der Waals surface area contributed by atoms with Gasteiger partial charge in [-0.2, -0.15) is 8.78 Å². The first-order chi connectivity index (χ1) is 6.06. The van der Waals surface area contributed by atoms with E-state index in [-0.39, 0.29) is 31.9 Å². The minimum atomic E-state index is -2.82. The first-order valence-electron chi connectivity index (χ1n) is 3.88. The summed E-state index contributed by atoms with van der Waals surface area (Å²) in [5.41, 5.74) is 5.23. The van der Waals surface area contributed by atoms with E-state index in [1.807, 2.05) is 0 Å². The Hall–Kier alpha value is -0.750. The van der Waals surface area contributed by atoms with Crippen molar-refractivity contribution in [1.82, 2.24) is 0 Å². The lowest BCUT2D eigenvalue weighted by atomic mass is 10.1. The lowest BCUT2D eigenvalue weighted by Gasteiger charge is -2.12. The molecule has 0 rings (SSSR count). The third-order valence-corrected chi connectivity index (χ3v) is 1.56. The van der Waals surface area contributed by atoms with Gasteiger partial charge < -0.3 is 15.6 Å². The Morgan fingerprint density at radius 3 is 2.54 bits per heavy atom. The molecule has 0 aromatic heterocycles.